The summed E-state index contributed by atoms with van der Waals surface area (Å²) < 4.78 is 5.54. The van der Waals surface area contributed by atoms with Gasteiger partial charge in [-0.05, 0) is 24.1 Å². The van der Waals surface area contributed by atoms with Crippen LogP contribution in [0.15, 0.2) is 60.7 Å². The zero-order chi connectivity index (χ0) is 14.0. The van der Waals surface area contributed by atoms with Crippen molar-refractivity contribution in [2.45, 2.75) is 19.4 Å². The van der Waals surface area contributed by atoms with Gasteiger partial charge >= 0.3 is 0 Å². The highest BCUT2D eigenvalue weighted by Gasteiger charge is 2.01. The van der Waals surface area contributed by atoms with Gasteiger partial charge in [0.25, 0.3) is 0 Å². The molecular weight excluding hydrogens is 250 g/mol. The maximum atomic E-state index is 11.7. The van der Waals surface area contributed by atoms with Crippen LogP contribution < -0.4 is 10.1 Å². The summed E-state index contributed by atoms with van der Waals surface area (Å²) in [6.45, 7) is 1.14. The minimum Gasteiger partial charge on any atom is -0.494 e. The summed E-state index contributed by atoms with van der Waals surface area (Å²) in [7, 11) is 0. The Morgan fingerprint density at radius 2 is 1.60 bits per heavy atom. The van der Waals surface area contributed by atoms with Gasteiger partial charge in [-0.3, -0.25) is 4.79 Å². The summed E-state index contributed by atoms with van der Waals surface area (Å²) in [6, 6.07) is 19.5. The van der Waals surface area contributed by atoms with Crippen molar-refractivity contribution in [1.29, 1.82) is 0 Å². The lowest BCUT2D eigenvalue weighted by Gasteiger charge is -2.07. The molecule has 1 amide bonds. The van der Waals surface area contributed by atoms with Crippen molar-refractivity contribution in [3.8, 4) is 5.75 Å². The Labute approximate surface area is 119 Å². The first-order valence-electron chi connectivity index (χ1n) is 6.83. The highest BCUT2D eigenvalue weighted by Crippen LogP contribution is 2.08. The Bertz CT molecular complexity index is 511. The van der Waals surface area contributed by atoms with E-state index in [2.05, 4.69) is 5.32 Å². The maximum absolute atomic E-state index is 11.7. The number of nitrogens with one attached hydrogen (secondary N) is 1. The van der Waals surface area contributed by atoms with Gasteiger partial charge in [-0.2, -0.15) is 0 Å². The number of para-hydroxylation sites is 1. The second-order valence-electron chi connectivity index (χ2n) is 4.53. The van der Waals surface area contributed by atoms with Crippen molar-refractivity contribution in [1.82, 2.24) is 5.32 Å². The van der Waals surface area contributed by atoms with Gasteiger partial charge < -0.3 is 10.1 Å². The first-order valence-corrected chi connectivity index (χ1v) is 6.83. The summed E-state index contributed by atoms with van der Waals surface area (Å²) in [6.07, 6.45) is 1.20. The normalized spacial score (nSPS) is 10.0. The molecule has 0 saturated heterocycles. The van der Waals surface area contributed by atoms with Crippen molar-refractivity contribution >= 4 is 5.91 Å². The molecule has 0 aliphatic heterocycles. The van der Waals surface area contributed by atoms with Gasteiger partial charge in [0.15, 0.2) is 0 Å². The molecule has 2 aromatic rings. The predicted octanol–water partition coefficient (Wildman–Crippen LogP) is 3.16. The van der Waals surface area contributed by atoms with E-state index >= 15 is 0 Å². The molecule has 0 atom stereocenters. The molecule has 0 spiro atoms. The second-order valence-corrected chi connectivity index (χ2v) is 4.53. The fourth-order valence-corrected chi connectivity index (χ4v) is 1.82. The number of carbonyl (C=O) groups is 1. The maximum Gasteiger partial charge on any atom is 0.220 e. The van der Waals surface area contributed by atoms with Gasteiger partial charge in [0.2, 0.25) is 5.91 Å². The van der Waals surface area contributed by atoms with Crippen LogP contribution in [-0.2, 0) is 11.3 Å². The third-order valence-electron chi connectivity index (χ3n) is 2.89. The van der Waals surface area contributed by atoms with Crippen LogP contribution in [0.3, 0.4) is 0 Å². The molecule has 1 N–H and O–H groups in total. The molecule has 2 rings (SSSR count). The number of amides is 1. The lowest BCUT2D eigenvalue weighted by molar-refractivity contribution is -0.121. The van der Waals surface area contributed by atoms with Gasteiger partial charge in [0, 0.05) is 13.0 Å². The minimum atomic E-state index is 0.0607. The average molecular weight is 269 g/mol. The van der Waals surface area contributed by atoms with E-state index in [1.807, 2.05) is 60.7 Å². The van der Waals surface area contributed by atoms with Gasteiger partial charge in [0.1, 0.15) is 5.75 Å². The van der Waals surface area contributed by atoms with Crippen LogP contribution in [-0.4, -0.2) is 12.5 Å². The summed E-state index contributed by atoms with van der Waals surface area (Å²) >= 11 is 0. The SMILES string of the molecule is O=C(CCCOc1ccccc1)NCc1ccccc1. The minimum absolute atomic E-state index is 0.0607. The molecule has 0 unspecified atom stereocenters. The first kappa shape index (κ1) is 14.1. The molecule has 104 valence electrons. The zero-order valence-electron chi connectivity index (χ0n) is 11.4. The number of benzene rings is 2. The first-order chi connectivity index (χ1) is 9.84. The summed E-state index contributed by atoms with van der Waals surface area (Å²) in [5.74, 6) is 0.905. The average Bonchev–Trinajstić information content (AvgIpc) is 2.52. The van der Waals surface area contributed by atoms with Crippen LogP contribution >= 0.6 is 0 Å². The fourth-order valence-electron chi connectivity index (χ4n) is 1.82. The molecule has 3 nitrogen and oxygen atoms in total. The molecule has 0 saturated carbocycles. The molecule has 2 aromatic carbocycles. The largest absolute Gasteiger partial charge is 0.494 e. The Morgan fingerprint density at radius 1 is 0.950 bits per heavy atom. The fraction of sp³-hybridized carbons (Fsp3) is 0.235. The van der Waals surface area contributed by atoms with E-state index in [9.17, 15) is 4.79 Å². The highest BCUT2D eigenvalue weighted by atomic mass is 16.5. The Kier molecular flexibility index (Phi) is 5.65. The van der Waals surface area contributed by atoms with Crippen molar-refractivity contribution in [2.24, 2.45) is 0 Å². The van der Waals surface area contributed by atoms with Crippen molar-refractivity contribution in [3.05, 3.63) is 66.2 Å². The van der Waals surface area contributed by atoms with E-state index in [1.165, 1.54) is 0 Å². The summed E-state index contributed by atoms with van der Waals surface area (Å²) in [4.78, 5) is 11.7. The lowest BCUT2D eigenvalue weighted by atomic mass is 10.2. The topological polar surface area (TPSA) is 38.3 Å². The van der Waals surface area contributed by atoms with E-state index < -0.39 is 0 Å². The van der Waals surface area contributed by atoms with Crippen molar-refractivity contribution in [3.63, 3.8) is 0 Å². The Morgan fingerprint density at radius 3 is 2.30 bits per heavy atom. The van der Waals surface area contributed by atoms with Crippen LogP contribution in [0.2, 0.25) is 0 Å². The van der Waals surface area contributed by atoms with Gasteiger partial charge in [-0.25, -0.2) is 0 Å². The third kappa shape index (κ3) is 5.14. The monoisotopic (exact) mass is 269 g/mol. The lowest BCUT2D eigenvalue weighted by Crippen LogP contribution is -2.22. The van der Waals surface area contributed by atoms with Gasteiger partial charge in [-0.1, -0.05) is 48.5 Å². The van der Waals surface area contributed by atoms with Gasteiger partial charge in [0.05, 0.1) is 6.61 Å². The van der Waals surface area contributed by atoms with Crippen LogP contribution in [0.1, 0.15) is 18.4 Å². The number of hydrogen-bond donors (Lipinski definition) is 1. The molecule has 0 aliphatic carbocycles. The second kappa shape index (κ2) is 8.00. The van der Waals surface area contributed by atoms with Crippen molar-refractivity contribution in [2.75, 3.05) is 6.61 Å². The molecular formula is C17H19NO2. The zero-order valence-corrected chi connectivity index (χ0v) is 11.4. The molecule has 0 fully saturated rings. The molecule has 0 aliphatic rings. The van der Waals surface area contributed by atoms with Crippen molar-refractivity contribution < 1.29 is 9.53 Å². The standard InChI is InChI=1S/C17H19NO2/c19-17(18-14-15-8-3-1-4-9-15)12-7-13-20-16-10-5-2-6-11-16/h1-6,8-11H,7,12-14H2,(H,18,19). The smallest absolute Gasteiger partial charge is 0.220 e. The highest BCUT2D eigenvalue weighted by molar-refractivity contribution is 5.75. The van der Waals surface area contributed by atoms with E-state index in [4.69, 9.17) is 4.74 Å². The van der Waals surface area contributed by atoms with E-state index in [1.54, 1.807) is 0 Å². The summed E-state index contributed by atoms with van der Waals surface area (Å²) in [5, 5.41) is 2.90. The van der Waals surface area contributed by atoms with Crippen LogP contribution in [0.5, 0.6) is 5.75 Å². The molecule has 0 radical (unpaired) electrons. The Hall–Kier alpha value is -2.29. The predicted molar refractivity (Wildman–Crippen MR) is 79.5 cm³/mol. The molecule has 3 heteroatoms. The quantitative estimate of drug-likeness (QED) is 0.784. The summed E-state index contributed by atoms with van der Waals surface area (Å²) in [5.41, 5.74) is 1.11. The van der Waals surface area contributed by atoms with Crippen LogP contribution in [0.4, 0.5) is 0 Å². The number of ether oxygens (including phenoxy) is 1. The molecule has 0 aromatic heterocycles. The number of rotatable bonds is 7. The van der Waals surface area contributed by atoms with Crippen LogP contribution in [0, 0.1) is 0 Å². The third-order valence-corrected chi connectivity index (χ3v) is 2.89. The molecule has 0 bridgehead atoms. The van der Waals surface area contributed by atoms with E-state index in [0.29, 0.717) is 19.6 Å². The number of carbonyl (C=O) groups excluding carboxylic acids is 1. The van der Waals surface area contributed by atoms with E-state index in [-0.39, 0.29) is 5.91 Å². The molecule has 0 heterocycles. The Balaban J connectivity index is 1.59. The molecule has 20 heavy (non-hydrogen) atoms. The van der Waals surface area contributed by atoms with Crippen LogP contribution in [0.25, 0.3) is 0 Å². The number of hydrogen-bond acceptors (Lipinski definition) is 2. The van der Waals surface area contributed by atoms with Gasteiger partial charge in [-0.15, -0.1) is 0 Å². The van der Waals surface area contributed by atoms with E-state index in [0.717, 1.165) is 17.7 Å².